The van der Waals surface area contributed by atoms with Crippen molar-refractivity contribution in [3.63, 3.8) is 0 Å². The van der Waals surface area contributed by atoms with Crippen LogP contribution >= 0.6 is 0 Å². The number of nitrogens with zero attached hydrogens (tertiary/aromatic N) is 1. The van der Waals surface area contributed by atoms with E-state index in [2.05, 4.69) is 10.3 Å². The summed E-state index contributed by atoms with van der Waals surface area (Å²) in [4.78, 5) is 3.71. The van der Waals surface area contributed by atoms with Crippen LogP contribution in [0.25, 0.3) is 0 Å². The van der Waals surface area contributed by atoms with Crippen LogP contribution in [0.15, 0.2) is 36.4 Å². The molecule has 2 aromatic rings. The van der Waals surface area contributed by atoms with Gasteiger partial charge in [-0.05, 0) is 24.3 Å². The van der Waals surface area contributed by atoms with E-state index in [1.165, 1.54) is 6.07 Å². The quantitative estimate of drug-likeness (QED) is 0.808. The molecule has 0 bridgehead atoms. The summed E-state index contributed by atoms with van der Waals surface area (Å²) >= 11 is 0. The summed E-state index contributed by atoms with van der Waals surface area (Å²) in [5, 5.41) is 2.99. The summed E-state index contributed by atoms with van der Waals surface area (Å²) in [6, 6.07) is 9.98. The van der Waals surface area contributed by atoms with Crippen LogP contribution in [0.5, 0.6) is 11.5 Å². The van der Waals surface area contributed by atoms with Gasteiger partial charge in [0.15, 0.2) is 11.5 Å². The minimum Gasteiger partial charge on any atom is -0.454 e. The van der Waals surface area contributed by atoms with Crippen LogP contribution in [0.4, 0.5) is 15.9 Å². The zero-order chi connectivity index (χ0) is 11.7. The van der Waals surface area contributed by atoms with Gasteiger partial charge in [0.1, 0.15) is 5.82 Å². The number of nitrogens with one attached hydrogen (secondary N) is 1. The van der Waals surface area contributed by atoms with Crippen molar-refractivity contribution in [1.82, 2.24) is 4.98 Å². The van der Waals surface area contributed by atoms with Crippen molar-refractivity contribution in [1.29, 1.82) is 0 Å². The number of fused-ring (bicyclic) bond motifs is 1. The van der Waals surface area contributed by atoms with Crippen molar-refractivity contribution in [2.45, 2.75) is 0 Å². The minimum atomic E-state index is -0.518. The van der Waals surface area contributed by atoms with Gasteiger partial charge in [-0.3, -0.25) is 0 Å². The molecule has 86 valence electrons. The molecule has 0 spiro atoms. The van der Waals surface area contributed by atoms with Gasteiger partial charge in [0.05, 0.1) is 0 Å². The van der Waals surface area contributed by atoms with Crippen molar-refractivity contribution in [2.24, 2.45) is 0 Å². The maximum absolute atomic E-state index is 12.9. The molecule has 17 heavy (non-hydrogen) atoms. The SMILES string of the molecule is Fc1cccc(Nc2ccc3c(c2)OCO3)n1. The molecule has 0 fully saturated rings. The van der Waals surface area contributed by atoms with Crippen LogP contribution in [-0.2, 0) is 0 Å². The largest absolute Gasteiger partial charge is 0.454 e. The Morgan fingerprint density at radius 3 is 2.88 bits per heavy atom. The van der Waals surface area contributed by atoms with Crippen LogP contribution in [0, 0.1) is 5.95 Å². The Labute approximate surface area is 97.0 Å². The van der Waals surface area contributed by atoms with Gasteiger partial charge in [-0.2, -0.15) is 4.39 Å². The minimum absolute atomic E-state index is 0.233. The van der Waals surface area contributed by atoms with Gasteiger partial charge in [0.25, 0.3) is 0 Å². The highest BCUT2D eigenvalue weighted by molar-refractivity contribution is 5.61. The lowest BCUT2D eigenvalue weighted by atomic mass is 10.3. The summed E-state index contributed by atoms with van der Waals surface area (Å²) < 4.78 is 23.3. The number of halogens is 1. The number of aromatic nitrogens is 1. The standard InChI is InChI=1S/C12H9FN2O2/c13-11-2-1-3-12(15-11)14-8-4-5-9-10(6-8)17-7-16-9/h1-6H,7H2,(H,14,15). The molecule has 0 saturated heterocycles. The van der Waals surface area contributed by atoms with E-state index in [0.29, 0.717) is 17.3 Å². The zero-order valence-electron chi connectivity index (χ0n) is 8.81. The third kappa shape index (κ3) is 1.99. The fourth-order valence-corrected chi connectivity index (χ4v) is 1.60. The molecule has 1 aliphatic heterocycles. The second-order valence-electron chi connectivity index (χ2n) is 3.54. The molecule has 0 unspecified atom stereocenters. The third-order valence-electron chi connectivity index (χ3n) is 2.36. The van der Waals surface area contributed by atoms with Gasteiger partial charge in [0.2, 0.25) is 12.7 Å². The van der Waals surface area contributed by atoms with E-state index in [1.54, 1.807) is 24.3 Å². The third-order valence-corrected chi connectivity index (χ3v) is 2.36. The number of pyridine rings is 1. The highest BCUT2D eigenvalue weighted by Crippen LogP contribution is 2.34. The van der Waals surface area contributed by atoms with Crippen LogP contribution in [0.2, 0.25) is 0 Å². The van der Waals surface area contributed by atoms with Crippen LogP contribution < -0.4 is 14.8 Å². The normalized spacial score (nSPS) is 12.5. The first-order valence-electron chi connectivity index (χ1n) is 5.10. The summed E-state index contributed by atoms with van der Waals surface area (Å²) in [7, 11) is 0. The second-order valence-corrected chi connectivity index (χ2v) is 3.54. The van der Waals surface area contributed by atoms with Gasteiger partial charge >= 0.3 is 0 Å². The molecule has 0 amide bonds. The summed E-state index contributed by atoms with van der Waals surface area (Å²) in [6.45, 7) is 0.233. The van der Waals surface area contributed by atoms with Gasteiger partial charge in [-0.25, -0.2) is 4.98 Å². The number of ether oxygens (including phenoxy) is 2. The maximum atomic E-state index is 12.9. The lowest BCUT2D eigenvalue weighted by Gasteiger charge is -2.06. The van der Waals surface area contributed by atoms with Crippen molar-refractivity contribution >= 4 is 11.5 Å². The van der Waals surface area contributed by atoms with Crippen LogP contribution in [-0.4, -0.2) is 11.8 Å². The van der Waals surface area contributed by atoms with E-state index in [4.69, 9.17) is 9.47 Å². The summed E-state index contributed by atoms with van der Waals surface area (Å²) in [5.41, 5.74) is 0.771. The molecule has 0 atom stereocenters. The second kappa shape index (κ2) is 3.93. The molecule has 0 radical (unpaired) electrons. The zero-order valence-corrected chi connectivity index (χ0v) is 8.81. The predicted octanol–water partition coefficient (Wildman–Crippen LogP) is 2.69. The topological polar surface area (TPSA) is 43.4 Å². The van der Waals surface area contributed by atoms with Crippen LogP contribution in [0.1, 0.15) is 0 Å². The fraction of sp³-hybridized carbons (Fsp3) is 0.0833. The van der Waals surface area contributed by atoms with Gasteiger partial charge in [-0.1, -0.05) is 6.07 Å². The monoisotopic (exact) mass is 232 g/mol. The maximum Gasteiger partial charge on any atom is 0.231 e. The van der Waals surface area contributed by atoms with Crippen LogP contribution in [0.3, 0.4) is 0 Å². The van der Waals surface area contributed by atoms with E-state index in [0.717, 1.165) is 5.69 Å². The van der Waals surface area contributed by atoms with E-state index < -0.39 is 5.95 Å². The number of hydrogen-bond donors (Lipinski definition) is 1. The fourth-order valence-electron chi connectivity index (χ4n) is 1.60. The molecule has 1 aliphatic rings. The molecule has 5 heteroatoms. The first-order valence-corrected chi connectivity index (χ1v) is 5.10. The lowest BCUT2D eigenvalue weighted by molar-refractivity contribution is 0.174. The highest BCUT2D eigenvalue weighted by atomic mass is 19.1. The highest BCUT2D eigenvalue weighted by Gasteiger charge is 2.13. The van der Waals surface area contributed by atoms with Crippen molar-refractivity contribution in [2.75, 3.05) is 12.1 Å². The molecule has 3 rings (SSSR count). The molecule has 0 saturated carbocycles. The first-order chi connectivity index (χ1) is 8.31. The Hall–Kier alpha value is -2.30. The molecule has 1 N–H and O–H groups in total. The van der Waals surface area contributed by atoms with Crippen molar-refractivity contribution in [3.05, 3.63) is 42.3 Å². The lowest BCUT2D eigenvalue weighted by Crippen LogP contribution is -1.94. The predicted molar refractivity (Wildman–Crippen MR) is 60.0 cm³/mol. The number of benzene rings is 1. The van der Waals surface area contributed by atoms with E-state index >= 15 is 0 Å². The van der Waals surface area contributed by atoms with Gasteiger partial charge < -0.3 is 14.8 Å². The molecule has 0 aliphatic carbocycles. The summed E-state index contributed by atoms with van der Waals surface area (Å²) in [5.74, 6) is 1.31. The smallest absolute Gasteiger partial charge is 0.231 e. The molecule has 4 nitrogen and oxygen atoms in total. The number of hydrogen-bond acceptors (Lipinski definition) is 4. The Balaban J connectivity index is 1.86. The van der Waals surface area contributed by atoms with E-state index in [-0.39, 0.29) is 6.79 Å². The molecule has 2 heterocycles. The van der Waals surface area contributed by atoms with Crippen molar-refractivity contribution in [3.8, 4) is 11.5 Å². The molecule has 1 aromatic heterocycles. The Morgan fingerprint density at radius 2 is 2.00 bits per heavy atom. The van der Waals surface area contributed by atoms with Gasteiger partial charge in [-0.15, -0.1) is 0 Å². The average molecular weight is 232 g/mol. The Morgan fingerprint density at radius 1 is 1.12 bits per heavy atom. The van der Waals surface area contributed by atoms with E-state index in [1.807, 2.05) is 6.07 Å². The van der Waals surface area contributed by atoms with Crippen molar-refractivity contribution < 1.29 is 13.9 Å². The Bertz CT molecular complexity index is 560. The average Bonchev–Trinajstić information content (AvgIpc) is 2.76. The number of rotatable bonds is 2. The molecular weight excluding hydrogens is 223 g/mol. The molecular formula is C12H9FN2O2. The Kier molecular flexibility index (Phi) is 2.29. The van der Waals surface area contributed by atoms with Gasteiger partial charge in [0, 0.05) is 11.8 Å². The first kappa shape index (κ1) is 9.89. The molecule has 1 aromatic carbocycles. The summed E-state index contributed by atoms with van der Waals surface area (Å²) in [6.07, 6.45) is 0. The van der Waals surface area contributed by atoms with E-state index in [9.17, 15) is 4.39 Å². The number of anilines is 2.